The summed E-state index contributed by atoms with van der Waals surface area (Å²) in [5.74, 6) is -1.08. The van der Waals surface area contributed by atoms with Gasteiger partial charge in [-0.3, -0.25) is 19.3 Å². The summed E-state index contributed by atoms with van der Waals surface area (Å²) in [6.45, 7) is 0.971. The van der Waals surface area contributed by atoms with Crippen LogP contribution in [0.25, 0.3) is 10.2 Å². The van der Waals surface area contributed by atoms with E-state index in [9.17, 15) is 24.3 Å². The molecule has 2 atom stereocenters. The fourth-order valence-electron chi connectivity index (χ4n) is 4.30. The number of benzene rings is 1. The molecule has 11 nitrogen and oxygen atoms in total. The molecule has 0 bridgehead atoms. The van der Waals surface area contributed by atoms with Gasteiger partial charge in [-0.25, -0.2) is 9.78 Å². The van der Waals surface area contributed by atoms with Gasteiger partial charge in [0.2, 0.25) is 12.5 Å². The number of thiazole rings is 1. The number of thioether (sulfide) groups is 3. The molecule has 214 valence electrons. The molecular formula is C26H27N6O5S4+. The first-order chi connectivity index (χ1) is 19.8. The van der Waals surface area contributed by atoms with Crippen LogP contribution in [-0.4, -0.2) is 80.4 Å². The van der Waals surface area contributed by atoms with Crippen LogP contribution in [-0.2, 0) is 25.7 Å². The van der Waals surface area contributed by atoms with Crippen LogP contribution in [0.1, 0.15) is 0 Å². The van der Waals surface area contributed by atoms with Gasteiger partial charge in [-0.2, -0.15) is 4.57 Å². The summed E-state index contributed by atoms with van der Waals surface area (Å²) >= 11 is 5.72. The molecule has 0 unspecified atom stereocenters. The summed E-state index contributed by atoms with van der Waals surface area (Å²) in [6.07, 6.45) is 3.56. The standard InChI is InChI=1S/C26H26N6O5S4/c27-7-8-28-19(33)11-31-9-5-16(6-10-31)38-12-15-13-39-24-21(23(35)32(24)22(15)25(36)37)30-20(34)14-40-26-29-17-3-1-2-4-18(17)41-26/h1-6,9-10,21,24H,7-8,11-14,27H2,(H2-,28,30,33,34,36,37)/p+1/t21-,24+/m0/s1. The lowest BCUT2D eigenvalue weighted by Gasteiger charge is -2.49. The highest BCUT2D eigenvalue weighted by molar-refractivity contribution is 8.01. The largest absolute Gasteiger partial charge is 0.477 e. The van der Waals surface area contributed by atoms with Crippen molar-refractivity contribution in [1.82, 2.24) is 20.5 Å². The Morgan fingerprint density at radius 1 is 1.15 bits per heavy atom. The number of carbonyl (C=O) groups excluding carboxylic acids is 3. The number of para-hydroxylation sites is 1. The van der Waals surface area contributed by atoms with Crippen molar-refractivity contribution in [2.24, 2.45) is 5.73 Å². The molecule has 1 aromatic carbocycles. The molecule has 0 saturated carbocycles. The molecule has 3 amide bonds. The predicted molar refractivity (Wildman–Crippen MR) is 159 cm³/mol. The Morgan fingerprint density at radius 3 is 2.66 bits per heavy atom. The Hall–Kier alpha value is -3.11. The summed E-state index contributed by atoms with van der Waals surface area (Å²) < 4.78 is 3.55. The summed E-state index contributed by atoms with van der Waals surface area (Å²) in [4.78, 5) is 56.4. The number of carboxylic acid groups (broad SMARTS) is 1. The van der Waals surface area contributed by atoms with Gasteiger partial charge in [0.25, 0.3) is 11.8 Å². The van der Waals surface area contributed by atoms with Gasteiger partial charge >= 0.3 is 5.97 Å². The average Bonchev–Trinajstić information content (AvgIpc) is 3.40. The van der Waals surface area contributed by atoms with Crippen LogP contribution in [0.5, 0.6) is 0 Å². The van der Waals surface area contributed by atoms with Gasteiger partial charge in [0, 0.05) is 41.6 Å². The minimum Gasteiger partial charge on any atom is -0.477 e. The van der Waals surface area contributed by atoms with Crippen LogP contribution >= 0.6 is 46.6 Å². The maximum absolute atomic E-state index is 13.0. The van der Waals surface area contributed by atoms with Crippen LogP contribution in [0.3, 0.4) is 0 Å². The quantitative estimate of drug-likeness (QED) is 0.130. The van der Waals surface area contributed by atoms with E-state index in [0.29, 0.717) is 30.2 Å². The Bertz CT molecular complexity index is 1480. The van der Waals surface area contributed by atoms with Gasteiger partial charge in [-0.1, -0.05) is 23.9 Å². The number of β-lactam (4-membered cyclic amide) rings is 1. The van der Waals surface area contributed by atoms with Crippen LogP contribution < -0.4 is 20.9 Å². The van der Waals surface area contributed by atoms with Gasteiger partial charge in [0.15, 0.2) is 16.7 Å². The lowest BCUT2D eigenvalue weighted by molar-refractivity contribution is -0.684. The van der Waals surface area contributed by atoms with Crippen molar-refractivity contribution in [1.29, 1.82) is 0 Å². The Morgan fingerprint density at radius 2 is 1.93 bits per heavy atom. The third-order valence-corrected chi connectivity index (χ3v) is 10.9. The number of nitrogens with one attached hydrogen (secondary N) is 2. The maximum atomic E-state index is 13.0. The number of pyridine rings is 1. The molecule has 0 radical (unpaired) electrons. The van der Waals surface area contributed by atoms with E-state index in [-0.39, 0.29) is 29.8 Å². The molecule has 3 aromatic rings. The fourth-order valence-corrected chi connectivity index (χ4v) is 8.55. The van der Waals surface area contributed by atoms with Gasteiger partial charge in [-0.05, 0) is 17.7 Å². The van der Waals surface area contributed by atoms with E-state index in [0.717, 1.165) is 19.5 Å². The number of carboxylic acids is 1. The van der Waals surface area contributed by atoms with Gasteiger partial charge in [0.1, 0.15) is 17.1 Å². The molecule has 2 aliphatic heterocycles. The average molecular weight is 632 g/mol. The SMILES string of the molecule is NCCNC(=O)C[n+]1ccc(SCC2=C(C(=O)O)N3C(=O)[C@H](NC(=O)CSc4nc5ccccc5s4)[C@H]3SC2)cc1. The third-order valence-electron chi connectivity index (χ3n) is 6.23. The topological polar surface area (TPSA) is 159 Å². The van der Waals surface area contributed by atoms with E-state index in [2.05, 4.69) is 15.6 Å². The molecule has 1 fully saturated rings. The summed E-state index contributed by atoms with van der Waals surface area (Å²) in [6, 6.07) is 10.7. The second kappa shape index (κ2) is 13.2. The molecule has 0 aliphatic carbocycles. The second-order valence-electron chi connectivity index (χ2n) is 9.08. The van der Waals surface area contributed by atoms with E-state index in [1.807, 2.05) is 36.4 Å². The normalized spacial score (nSPS) is 18.2. The number of fused-ring (bicyclic) bond motifs is 2. The number of nitrogens with zero attached hydrogens (tertiary/aromatic N) is 3. The molecule has 5 N–H and O–H groups in total. The van der Waals surface area contributed by atoms with Crippen molar-refractivity contribution in [2.75, 3.05) is 30.3 Å². The minimum atomic E-state index is -1.16. The number of hydrogen-bond donors (Lipinski definition) is 4. The maximum Gasteiger partial charge on any atom is 0.352 e. The van der Waals surface area contributed by atoms with Crippen molar-refractivity contribution in [3.05, 3.63) is 60.1 Å². The second-order valence-corrected chi connectivity index (χ2v) is 13.5. The number of rotatable bonds is 12. The van der Waals surface area contributed by atoms with Crippen LogP contribution in [0.4, 0.5) is 0 Å². The zero-order chi connectivity index (χ0) is 28.9. The van der Waals surface area contributed by atoms with E-state index in [1.54, 1.807) is 17.0 Å². The van der Waals surface area contributed by atoms with E-state index in [4.69, 9.17) is 5.73 Å². The van der Waals surface area contributed by atoms with Crippen LogP contribution in [0.15, 0.2) is 69.3 Å². The van der Waals surface area contributed by atoms with Gasteiger partial charge in [0.05, 0.1) is 16.0 Å². The van der Waals surface area contributed by atoms with E-state index in [1.165, 1.54) is 51.5 Å². The zero-order valence-corrected chi connectivity index (χ0v) is 24.9. The molecule has 2 aromatic heterocycles. The van der Waals surface area contributed by atoms with Crippen LogP contribution in [0, 0.1) is 0 Å². The molecule has 0 spiro atoms. The van der Waals surface area contributed by atoms with Gasteiger partial charge in [-0.15, -0.1) is 34.9 Å². The predicted octanol–water partition coefficient (Wildman–Crippen LogP) is 1.28. The number of aliphatic carboxylic acids is 1. The summed E-state index contributed by atoms with van der Waals surface area (Å²) in [5, 5.41) is 15.0. The lowest BCUT2D eigenvalue weighted by Crippen LogP contribution is -2.70. The molecular weight excluding hydrogens is 605 g/mol. The van der Waals surface area contributed by atoms with Crippen molar-refractivity contribution >= 4 is 80.5 Å². The first-order valence-electron chi connectivity index (χ1n) is 12.6. The highest BCUT2D eigenvalue weighted by Gasteiger charge is 2.54. The smallest absolute Gasteiger partial charge is 0.352 e. The number of carbonyl (C=O) groups is 4. The van der Waals surface area contributed by atoms with Gasteiger partial charge < -0.3 is 21.5 Å². The zero-order valence-electron chi connectivity index (χ0n) is 21.6. The number of amides is 3. The van der Waals surface area contributed by atoms with Crippen LogP contribution in [0.2, 0.25) is 0 Å². The van der Waals surface area contributed by atoms with Crippen molar-refractivity contribution in [3.8, 4) is 0 Å². The first-order valence-corrected chi connectivity index (χ1v) is 16.4. The lowest BCUT2D eigenvalue weighted by atomic mass is 10.0. The number of hydrogen-bond acceptors (Lipinski definition) is 10. The molecule has 15 heteroatoms. The Labute approximate surface area is 252 Å². The fraction of sp³-hybridized carbons (Fsp3) is 0.308. The summed E-state index contributed by atoms with van der Waals surface area (Å²) in [5.41, 5.74) is 6.91. The summed E-state index contributed by atoms with van der Waals surface area (Å²) in [7, 11) is 0. The molecule has 4 heterocycles. The van der Waals surface area contributed by atoms with E-state index < -0.39 is 23.3 Å². The molecule has 2 aliphatic rings. The molecule has 41 heavy (non-hydrogen) atoms. The Kier molecular flexibility index (Phi) is 9.49. The molecule has 1 saturated heterocycles. The highest BCUT2D eigenvalue weighted by Crippen LogP contribution is 2.41. The Balaban J connectivity index is 1.15. The monoisotopic (exact) mass is 631 g/mol. The highest BCUT2D eigenvalue weighted by atomic mass is 32.2. The number of aromatic nitrogens is 2. The van der Waals surface area contributed by atoms with E-state index >= 15 is 0 Å². The number of nitrogens with two attached hydrogens (primary N) is 1. The first kappa shape index (κ1) is 29.4. The van der Waals surface area contributed by atoms with Crippen molar-refractivity contribution < 1.29 is 28.9 Å². The minimum absolute atomic E-state index is 0.0110. The van der Waals surface area contributed by atoms with Crippen molar-refractivity contribution in [3.63, 3.8) is 0 Å². The molecule has 5 rings (SSSR count). The van der Waals surface area contributed by atoms with Crippen molar-refractivity contribution in [2.45, 2.75) is 27.2 Å². The third kappa shape index (κ3) is 6.86.